The van der Waals surface area contributed by atoms with E-state index >= 15 is 0 Å². The molecule has 144 valence electrons. The van der Waals surface area contributed by atoms with E-state index in [1.54, 1.807) is 0 Å². The number of rotatable bonds is 6. The lowest BCUT2D eigenvalue weighted by molar-refractivity contribution is -0.122. The summed E-state index contributed by atoms with van der Waals surface area (Å²) in [5, 5.41) is 2.11. The number of anilines is 1. The first-order valence-electron chi connectivity index (χ1n) is 7.65. The van der Waals surface area contributed by atoms with Gasteiger partial charge in [0, 0.05) is 0 Å². The average Bonchev–Trinajstić information content (AvgIpc) is 2.67. The second-order valence-corrected chi connectivity index (χ2v) is 5.33. The molecule has 0 unspecified atom stereocenters. The zero-order valence-corrected chi connectivity index (χ0v) is 14.6. The predicted octanol–water partition coefficient (Wildman–Crippen LogP) is 3.31. The Hall–Kier alpha value is -3.23. The highest BCUT2D eigenvalue weighted by atomic mass is 19.2. The second kappa shape index (κ2) is 8.43. The molecule has 0 fully saturated rings. The van der Waals surface area contributed by atoms with Crippen molar-refractivity contribution < 1.29 is 37.0 Å². The summed E-state index contributed by atoms with van der Waals surface area (Å²) in [6, 6.07) is 5.75. The van der Waals surface area contributed by atoms with E-state index in [1.807, 2.05) is 0 Å². The molecule has 0 aliphatic rings. The molecule has 0 bridgehead atoms. The van der Waals surface area contributed by atoms with Crippen molar-refractivity contribution in [3.8, 4) is 11.5 Å². The van der Waals surface area contributed by atoms with Crippen LogP contribution in [0.2, 0.25) is 0 Å². The summed E-state index contributed by atoms with van der Waals surface area (Å²) < 4.78 is 55.0. The van der Waals surface area contributed by atoms with Crippen molar-refractivity contribution in [3.05, 3.63) is 53.3 Å². The molecule has 0 saturated heterocycles. The van der Waals surface area contributed by atoms with Crippen molar-refractivity contribution >= 4 is 17.6 Å². The smallest absolute Gasteiger partial charge is 0.337 e. The minimum Gasteiger partial charge on any atom is -0.493 e. The molecule has 0 saturated carbocycles. The first-order chi connectivity index (χ1) is 12.8. The summed E-state index contributed by atoms with van der Waals surface area (Å²) in [6.07, 6.45) is -1.14. The van der Waals surface area contributed by atoms with Gasteiger partial charge in [-0.05, 0) is 37.3 Å². The van der Waals surface area contributed by atoms with Gasteiger partial charge in [-0.3, -0.25) is 4.79 Å². The molecule has 0 spiro atoms. The van der Waals surface area contributed by atoms with E-state index in [1.165, 1.54) is 39.3 Å². The van der Waals surface area contributed by atoms with Crippen molar-refractivity contribution in [1.29, 1.82) is 0 Å². The van der Waals surface area contributed by atoms with Crippen LogP contribution in [0.25, 0.3) is 0 Å². The number of methoxy groups -OCH3 is 2. The Labute approximate surface area is 152 Å². The van der Waals surface area contributed by atoms with Gasteiger partial charge < -0.3 is 19.5 Å². The van der Waals surface area contributed by atoms with Crippen LogP contribution in [0.4, 0.5) is 18.9 Å². The molecule has 1 amide bonds. The lowest BCUT2D eigenvalue weighted by Gasteiger charge is -2.17. The summed E-state index contributed by atoms with van der Waals surface area (Å²) in [7, 11) is 2.56. The van der Waals surface area contributed by atoms with Crippen molar-refractivity contribution in [3.63, 3.8) is 0 Å². The van der Waals surface area contributed by atoms with E-state index < -0.39 is 41.1 Å². The Kier molecular flexibility index (Phi) is 6.27. The van der Waals surface area contributed by atoms with E-state index in [0.29, 0.717) is 6.07 Å². The minimum absolute atomic E-state index is 0.138. The van der Waals surface area contributed by atoms with Gasteiger partial charge in [0.05, 0.1) is 25.5 Å². The highest BCUT2D eigenvalue weighted by molar-refractivity contribution is 5.94. The molecule has 0 heterocycles. The zero-order valence-electron chi connectivity index (χ0n) is 14.6. The SMILES string of the molecule is COC(=O)c1ccc(O[C@H](C)C(=O)Nc2ccc(F)c(F)c2F)c(OC)c1. The number of hydrogen-bond donors (Lipinski definition) is 1. The van der Waals surface area contributed by atoms with Gasteiger partial charge in [0.25, 0.3) is 5.91 Å². The lowest BCUT2D eigenvalue weighted by atomic mass is 10.2. The number of halogens is 3. The highest BCUT2D eigenvalue weighted by Crippen LogP contribution is 2.29. The molecule has 1 N–H and O–H groups in total. The van der Waals surface area contributed by atoms with Crippen LogP contribution in [0.1, 0.15) is 17.3 Å². The van der Waals surface area contributed by atoms with Gasteiger partial charge >= 0.3 is 5.97 Å². The standard InChI is InChI=1S/C18H16F3NO5/c1-9(17(23)22-12-6-5-11(19)15(20)16(12)21)27-13-7-4-10(18(24)26-3)8-14(13)25-2/h4-9H,1-3H3,(H,22,23)/t9-/m1/s1. The molecule has 0 aromatic heterocycles. The summed E-state index contributed by atoms with van der Waals surface area (Å²) in [4.78, 5) is 23.7. The summed E-state index contributed by atoms with van der Waals surface area (Å²) in [6.45, 7) is 1.36. The van der Waals surface area contributed by atoms with Gasteiger partial charge in [-0.1, -0.05) is 0 Å². The molecular weight excluding hydrogens is 367 g/mol. The number of esters is 1. The van der Waals surface area contributed by atoms with Gasteiger partial charge in [-0.15, -0.1) is 0 Å². The highest BCUT2D eigenvalue weighted by Gasteiger charge is 2.21. The Bertz CT molecular complexity index is 872. The third-order valence-corrected chi connectivity index (χ3v) is 3.55. The zero-order chi connectivity index (χ0) is 20.1. The van der Waals surface area contributed by atoms with Gasteiger partial charge in [0.15, 0.2) is 35.1 Å². The quantitative estimate of drug-likeness (QED) is 0.612. The maximum atomic E-state index is 13.7. The monoisotopic (exact) mass is 383 g/mol. The van der Waals surface area contributed by atoms with Gasteiger partial charge in [0.1, 0.15) is 0 Å². The van der Waals surface area contributed by atoms with Crippen LogP contribution in [-0.4, -0.2) is 32.2 Å². The third-order valence-electron chi connectivity index (χ3n) is 3.55. The fourth-order valence-corrected chi connectivity index (χ4v) is 2.11. The van der Waals surface area contributed by atoms with Crippen molar-refractivity contribution in [1.82, 2.24) is 0 Å². The molecule has 0 radical (unpaired) electrons. The number of carbonyl (C=O) groups excluding carboxylic acids is 2. The molecule has 2 aromatic rings. The Morgan fingerprint density at radius 2 is 1.70 bits per heavy atom. The normalized spacial score (nSPS) is 11.5. The molecule has 6 nitrogen and oxygen atoms in total. The second-order valence-electron chi connectivity index (χ2n) is 5.33. The van der Waals surface area contributed by atoms with Crippen molar-refractivity contribution in [2.24, 2.45) is 0 Å². The molecule has 0 aliphatic carbocycles. The van der Waals surface area contributed by atoms with Crippen LogP contribution in [-0.2, 0) is 9.53 Å². The van der Waals surface area contributed by atoms with Crippen LogP contribution >= 0.6 is 0 Å². The first-order valence-corrected chi connectivity index (χ1v) is 7.65. The topological polar surface area (TPSA) is 73.9 Å². The summed E-state index contributed by atoms with van der Waals surface area (Å²) in [5.41, 5.74) is -0.315. The van der Waals surface area contributed by atoms with Crippen LogP contribution in [0, 0.1) is 17.5 Å². The Morgan fingerprint density at radius 3 is 2.33 bits per heavy atom. The van der Waals surface area contributed by atoms with Crippen molar-refractivity contribution in [2.75, 3.05) is 19.5 Å². The fraction of sp³-hybridized carbons (Fsp3) is 0.222. The third kappa shape index (κ3) is 4.49. The molecular formula is C18H16F3NO5. The fourth-order valence-electron chi connectivity index (χ4n) is 2.11. The van der Waals surface area contributed by atoms with Gasteiger partial charge in [-0.25, -0.2) is 18.0 Å². The van der Waals surface area contributed by atoms with Gasteiger partial charge in [-0.2, -0.15) is 0 Å². The average molecular weight is 383 g/mol. The van der Waals surface area contributed by atoms with Crippen LogP contribution < -0.4 is 14.8 Å². The first kappa shape index (κ1) is 20.1. The Morgan fingerprint density at radius 1 is 1.00 bits per heavy atom. The minimum atomic E-state index is -1.69. The molecule has 0 aliphatic heterocycles. The summed E-state index contributed by atoms with van der Waals surface area (Å²) in [5.74, 6) is -5.67. The maximum Gasteiger partial charge on any atom is 0.337 e. The molecule has 27 heavy (non-hydrogen) atoms. The van der Waals surface area contributed by atoms with E-state index in [4.69, 9.17) is 9.47 Å². The number of ether oxygens (including phenoxy) is 3. The van der Waals surface area contributed by atoms with Crippen LogP contribution in [0.3, 0.4) is 0 Å². The van der Waals surface area contributed by atoms with Gasteiger partial charge in [0.2, 0.25) is 0 Å². The number of hydrogen-bond acceptors (Lipinski definition) is 5. The lowest BCUT2D eigenvalue weighted by Crippen LogP contribution is -2.30. The molecule has 1 atom stereocenters. The molecule has 2 rings (SSSR count). The summed E-state index contributed by atoms with van der Waals surface area (Å²) >= 11 is 0. The van der Waals surface area contributed by atoms with Crippen LogP contribution in [0.5, 0.6) is 11.5 Å². The van der Waals surface area contributed by atoms with E-state index in [0.717, 1.165) is 6.07 Å². The number of amides is 1. The van der Waals surface area contributed by atoms with Crippen molar-refractivity contribution in [2.45, 2.75) is 13.0 Å². The number of benzene rings is 2. The van der Waals surface area contributed by atoms with E-state index in [9.17, 15) is 22.8 Å². The number of nitrogens with one attached hydrogen (secondary N) is 1. The molecule has 2 aromatic carbocycles. The van der Waals surface area contributed by atoms with Crippen LogP contribution in [0.15, 0.2) is 30.3 Å². The maximum absolute atomic E-state index is 13.7. The Balaban J connectivity index is 2.14. The largest absolute Gasteiger partial charge is 0.493 e. The molecule has 9 heteroatoms. The van der Waals surface area contributed by atoms with E-state index in [-0.39, 0.29) is 17.1 Å². The predicted molar refractivity (Wildman–Crippen MR) is 89.4 cm³/mol. The number of carbonyl (C=O) groups is 2. The van der Waals surface area contributed by atoms with E-state index in [2.05, 4.69) is 10.1 Å².